The molecule has 0 amide bonds. The molecule has 0 aliphatic carbocycles. The Balaban J connectivity index is 1.88. The lowest BCUT2D eigenvalue weighted by atomic mass is 10.3. The van der Waals surface area contributed by atoms with Gasteiger partial charge in [0, 0.05) is 24.5 Å². The summed E-state index contributed by atoms with van der Waals surface area (Å²) in [5, 5.41) is 2.78. The number of halogens is 2. The summed E-state index contributed by atoms with van der Waals surface area (Å²) in [6, 6.07) is 14.9. The minimum absolute atomic E-state index is 0.122. The highest BCUT2D eigenvalue weighted by atomic mass is 19.1. The molecule has 1 N–H and O–H groups in total. The fraction of sp³-hybridized carbons (Fsp3) is 0.111. The maximum Gasteiger partial charge on any atom is 0.229 e. The van der Waals surface area contributed by atoms with Crippen LogP contribution >= 0.6 is 0 Å². The lowest BCUT2D eigenvalue weighted by Crippen LogP contribution is -2.17. The molecule has 24 heavy (non-hydrogen) atoms. The fourth-order valence-electron chi connectivity index (χ4n) is 2.36. The van der Waals surface area contributed by atoms with Gasteiger partial charge in [0.1, 0.15) is 17.5 Å². The Morgan fingerprint density at radius 3 is 2.54 bits per heavy atom. The van der Waals surface area contributed by atoms with Crippen molar-refractivity contribution in [2.45, 2.75) is 6.92 Å². The predicted molar refractivity (Wildman–Crippen MR) is 90.8 cm³/mol. The van der Waals surface area contributed by atoms with E-state index >= 15 is 0 Å². The monoisotopic (exact) mass is 326 g/mol. The van der Waals surface area contributed by atoms with E-state index in [0.29, 0.717) is 12.4 Å². The van der Waals surface area contributed by atoms with Crippen molar-refractivity contribution >= 4 is 23.1 Å². The summed E-state index contributed by atoms with van der Waals surface area (Å²) in [6.45, 7) is 2.73. The summed E-state index contributed by atoms with van der Waals surface area (Å²) in [4.78, 5) is 10.5. The lowest BCUT2D eigenvalue weighted by molar-refractivity contribution is 0.586. The summed E-state index contributed by atoms with van der Waals surface area (Å²) in [6.07, 6.45) is 1.59. The minimum Gasteiger partial charge on any atom is -0.327 e. The summed E-state index contributed by atoms with van der Waals surface area (Å²) < 4.78 is 26.7. The van der Waals surface area contributed by atoms with Crippen LogP contribution in [0.1, 0.15) is 6.92 Å². The first-order valence-corrected chi connectivity index (χ1v) is 7.55. The third-order valence-electron chi connectivity index (χ3n) is 3.48. The highest BCUT2D eigenvalue weighted by Crippen LogP contribution is 2.24. The molecule has 3 rings (SSSR count). The van der Waals surface area contributed by atoms with Crippen LogP contribution in [0.3, 0.4) is 0 Å². The first-order valence-electron chi connectivity index (χ1n) is 7.55. The molecule has 0 saturated heterocycles. The molecule has 0 aliphatic heterocycles. The number of benzene rings is 2. The molecule has 1 aromatic heterocycles. The zero-order valence-electron chi connectivity index (χ0n) is 13.1. The van der Waals surface area contributed by atoms with Crippen LogP contribution < -0.4 is 10.2 Å². The van der Waals surface area contributed by atoms with Crippen molar-refractivity contribution in [2.24, 2.45) is 0 Å². The number of anilines is 4. The molecule has 0 atom stereocenters. The van der Waals surface area contributed by atoms with E-state index in [1.54, 1.807) is 12.3 Å². The molecule has 6 heteroatoms. The van der Waals surface area contributed by atoms with Crippen molar-refractivity contribution in [1.82, 2.24) is 9.97 Å². The number of para-hydroxylation sites is 1. The van der Waals surface area contributed by atoms with Crippen molar-refractivity contribution in [3.63, 3.8) is 0 Å². The Kier molecular flexibility index (Phi) is 4.65. The molecule has 0 spiro atoms. The second-order valence-corrected chi connectivity index (χ2v) is 5.07. The maximum absolute atomic E-state index is 13.8. The second-order valence-electron chi connectivity index (χ2n) is 5.07. The summed E-state index contributed by atoms with van der Waals surface area (Å²) in [5.74, 6) is -0.399. The normalized spacial score (nSPS) is 10.5. The van der Waals surface area contributed by atoms with Crippen LogP contribution in [0.5, 0.6) is 0 Å². The Morgan fingerprint density at radius 1 is 1.04 bits per heavy atom. The van der Waals surface area contributed by atoms with Crippen molar-refractivity contribution in [2.75, 3.05) is 16.8 Å². The van der Waals surface area contributed by atoms with Crippen LogP contribution in [0, 0.1) is 11.6 Å². The molecule has 3 aromatic rings. The third-order valence-corrected chi connectivity index (χ3v) is 3.48. The third kappa shape index (κ3) is 3.48. The smallest absolute Gasteiger partial charge is 0.229 e. The largest absolute Gasteiger partial charge is 0.327 e. The number of aromatic nitrogens is 2. The van der Waals surface area contributed by atoms with Crippen LogP contribution in [0.4, 0.5) is 31.9 Å². The molecule has 4 nitrogen and oxygen atoms in total. The molecule has 0 fully saturated rings. The quantitative estimate of drug-likeness (QED) is 0.740. The Hall–Kier alpha value is -3.02. The first-order chi connectivity index (χ1) is 11.7. The second kappa shape index (κ2) is 7.04. The number of hydrogen-bond donors (Lipinski definition) is 1. The van der Waals surface area contributed by atoms with E-state index in [0.717, 1.165) is 11.8 Å². The average Bonchev–Trinajstić information content (AvgIpc) is 2.60. The zero-order valence-corrected chi connectivity index (χ0v) is 13.1. The van der Waals surface area contributed by atoms with Crippen LogP contribution in [-0.2, 0) is 0 Å². The van der Waals surface area contributed by atoms with Gasteiger partial charge in [0.2, 0.25) is 5.95 Å². The number of rotatable bonds is 5. The van der Waals surface area contributed by atoms with E-state index in [1.165, 1.54) is 12.1 Å². The lowest BCUT2D eigenvalue weighted by Gasteiger charge is -2.22. The molecule has 2 aromatic carbocycles. The zero-order chi connectivity index (χ0) is 16.9. The number of hydrogen-bond acceptors (Lipinski definition) is 4. The van der Waals surface area contributed by atoms with E-state index in [-0.39, 0.29) is 11.6 Å². The van der Waals surface area contributed by atoms with Gasteiger partial charge in [-0.25, -0.2) is 13.8 Å². The molecule has 0 bridgehead atoms. The molecule has 0 saturated carbocycles. The average molecular weight is 326 g/mol. The van der Waals surface area contributed by atoms with Gasteiger partial charge in [-0.05, 0) is 37.3 Å². The van der Waals surface area contributed by atoms with Gasteiger partial charge in [-0.15, -0.1) is 0 Å². The van der Waals surface area contributed by atoms with Crippen LogP contribution in [-0.4, -0.2) is 16.5 Å². The molecule has 122 valence electrons. The van der Waals surface area contributed by atoms with Gasteiger partial charge in [-0.1, -0.05) is 18.2 Å². The summed E-state index contributed by atoms with van der Waals surface area (Å²) >= 11 is 0. The minimum atomic E-state index is -0.695. The fourth-order valence-corrected chi connectivity index (χ4v) is 2.36. The van der Waals surface area contributed by atoms with Gasteiger partial charge in [-0.2, -0.15) is 4.98 Å². The van der Waals surface area contributed by atoms with Gasteiger partial charge >= 0.3 is 0 Å². The van der Waals surface area contributed by atoms with Gasteiger partial charge in [0.15, 0.2) is 0 Å². The van der Waals surface area contributed by atoms with E-state index < -0.39 is 11.6 Å². The highest BCUT2D eigenvalue weighted by Gasteiger charge is 2.11. The predicted octanol–water partition coefficient (Wildman–Crippen LogP) is 4.66. The van der Waals surface area contributed by atoms with Crippen LogP contribution in [0.15, 0.2) is 60.8 Å². The van der Waals surface area contributed by atoms with Crippen molar-refractivity contribution in [1.29, 1.82) is 0 Å². The maximum atomic E-state index is 13.8. The summed E-state index contributed by atoms with van der Waals surface area (Å²) in [5.41, 5.74) is 1.12. The van der Waals surface area contributed by atoms with E-state index in [1.807, 2.05) is 42.2 Å². The van der Waals surface area contributed by atoms with E-state index in [2.05, 4.69) is 15.3 Å². The van der Waals surface area contributed by atoms with Gasteiger partial charge < -0.3 is 10.2 Å². The Labute approximate surface area is 138 Å². The molecule has 0 aliphatic rings. The molecule has 1 heterocycles. The molecule has 0 radical (unpaired) electrons. The SMILES string of the molecule is CCN(c1ccccc1)c1ccnc(Nc2ccc(F)cc2F)n1. The topological polar surface area (TPSA) is 41.1 Å². The number of nitrogens with zero attached hydrogens (tertiary/aromatic N) is 3. The van der Waals surface area contributed by atoms with Crippen molar-refractivity contribution in [3.05, 3.63) is 72.4 Å². The molecular weight excluding hydrogens is 310 g/mol. The molecule has 0 unspecified atom stereocenters. The summed E-state index contributed by atoms with van der Waals surface area (Å²) in [7, 11) is 0. The van der Waals surface area contributed by atoms with E-state index in [4.69, 9.17) is 0 Å². The van der Waals surface area contributed by atoms with Gasteiger partial charge in [-0.3, -0.25) is 0 Å². The van der Waals surface area contributed by atoms with Crippen LogP contribution in [0.25, 0.3) is 0 Å². The van der Waals surface area contributed by atoms with E-state index in [9.17, 15) is 8.78 Å². The van der Waals surface area contributed by atoms with Crippen LogP contribution in [0.2, 0.25) is 0 Å². The van der Waals surface area contributed by atoms with Gasteiger partial charge in [0.05, 0.1) is 5.69 Å². The molecular formula is C18H16F2N4. The van der Waals surface area contributed by atoms with Crippen molar-refractivity contribution in [3.8, 4) is 0 Å². The highest BCUT2D eigenvalue weighted by molar-refractivity contribution is 5.62. The first kappa shape index (κ1) is 15.9. The number of nitrogens with one attached hydrogen (secondary N) is 1. The van der Waals surface area contributed by atoms with Gasteiger partial charge in [0.25, 0.3) is 0 Å². The Bertz CT molecular complexity index is 824. The van der Waals surface area contributed by atoms with Crippen molar-refractivity contribution < 1.29 is 8.78 Å². The Morgan fingerprint density at radius 2 is 1.83 bits per heavy atom. The standard InChI is InChI=1S/C18H16F2N4/c1-2-24(14-6-4-3-5-7-14)17-10-11-21-18(23-17)22-16-9-8-13(19)12-15(16)20/h3-12H,2H2,1H3,(H,21,22,23).